The number of fused-ring (bicyclic) bond motifs is 4. The average Bonchev–Trinajstić information content (AvgIpc) is 3.16. The lowest BCUT2D eigenvalue weighted by Gasteiger charge is -2.40. The lowest BCUT2D eigenvalue weighted by atomic mass is 9.70. The summed E-state index contributed by atoms with van der Waals surface area (Å²) in [6.45, 7) is 12.9. The van der Waals surface area contributed by atoms with Crippen LogP contribution in [0.5, 0.6) is 0 Å². The Balaban J connectivity index is 1.71. The standard InChI is InChI=1S/C27H30N4O/c1-6-18-10-20-21(11-23(18)31-13-15(2)29-16(3)14-31)27(4,5)26-24(25(20)32)19-8-7-17(12-28)9-22(19)30-26/h7-11,15-16,29-30H,6,13-14H2,1-5H3/t15-,16+. The average molecular weight is 427 g/mol. The van der Waals surface area contributed by atoms with Crippen LogP contribution < -0.4 is 10.2 Å². The normalized spacial score (nSPS) is 21.9. The second kappa shape index (κ2) is 7.21. The molecule has 5 nitrogen and oxygen atoms in total. The Bertz CT molecular complexity index is 1280. The number of rotatable bonds is 2. The zero-order valence-electron chi connectivity index (χ0n) is 19.5. The van der Waals surface area contributed by atoms with Crippen molar-refractivity contribution in [3.63, 3.8) is 0 Å². The number of carbonyl (C=O) groups excluding carboxylic acids is 1. The number of hydrogen-bond donors (Lipinski definition) is 2. The number of aryl methyl sites for hydroxylation is 1. The Labute approximate surface area is 189 Å². The molecule has 1 fully saturated rings. The van der Waals surface area contributed by atoms with E-state index in [1.165, 1.54) is 11.3 Å². The van der Waals surface area contributed by atoms with Crippen LogP contribution in [0.2, 0.25) is 0 Å². The first-order valence-electron chi connectivity index (χ1n) is 11.5. The quantitative estimate of drug-likeness (QED) is 0.625. The maximum absolute atomic E-state index is 13.8. The second-order valence-corrected chi connectivity index (χ2v) is 9.96. The minimum atomic E-state index is -0.351. The molecular formula is C27H30N4O. The predicted molar refractivity (Wildman–Crippen MR) is 129 cm³/mol. The number of piperazine rings is 1. The van der Waals surface area contributed by atoms with Crippen LogP contribution in [-0.4, -0.2) is 35.9 Å². The number of H-pyrrole nitrogens is 1. The number of nitriles is 1. The number of hydrogen-bond acceptors (Lipinski definition) is 4. The Morgan fingerprint density at radius 2 is 1.88 bits per heavy atom. The van der Waals surface area contributed by atoms with Crippen LogP contribution in [0.25, 0.3) is 10.9 Å². The molecule has 2 N–H and O–H groups in total. The summed E-state index contributed by atoms with van der Waals surface area (Å²) in [5, 5.41) is 13.8. The molecule has 0 bridgehead atoms. The number of anilines is 1. The van der Waals surface area contributed by atoms with Crippen molar-refractivity contribution in [1.82, 2.24) is 10.3 Å². The highest BCUT2D eigenvalue weighted by Gasteiger charge is 2.40. The third-order valence-corrected chi connectivity index (χ3v) is 7.20. The molecule has 0 unspecified atom stereocenters. The number of ketones is 1. The summed E-state index contributed by atoms with van der Waals surface area (Å²) in [4.78, 5) is 19.8. The van der Waals surface area contributed by atoms with Crippen molar-refractivity contribution in [2.75, 3.05) is 18.0 Å². The lowest BCUT2D eigenvalue weighted by Crippen LogP contribution is -2.54. The van der Waals surface area contributed by atoms with E-state index in [2.05, 4.69) is 68.0 Å². The molecule has 2 aliphatic rings. The van der Waals surface area contributed by atoms with Gasteiger partial charge in [0, 0.05) is 58.4 Å². The Morgan fingerprint density at radius 3 is 2.53 bits per heavy atom. The van der Waals surface area contributed by atoms with Gasteiger partial charge in [-0.2, -0.15) is 5.26 Å². The van der Waals surface area contributed by atoms with Gasteiger partial charge in [0.05, 0.1) is 17.2 Å². The molecule has 0 radical (unpaired) electrons. The van der Waals surface area contributed by atoms with E-state index < -0.39 is 0 Å². The lowest BCUT2D eigenvalue weighted by molar-refractivity contribution is 0.103. The summed E-state index contributed by atoms with van der Waals surface area (Å²) < 4.78 is 0. The van der Waals surface area contributed by atoms with Gasteiger partial charge in [0.1, 0.15) is 0 Å². The highest BCUT2D eigenvalue weighted by atomic mass is 16.1. The zero-order chi connectivity index (χ0) is 22.8. The fraction of sp³-hybridized carbons (Fsp3) is 0.407. The summed E-state index contributed by atoms with van der Waals surface area (Å²) in [7, 11) is 0. The van der Waals surface area contributed by atoms with Gasteiger partial charge in [-0.3, -0.25) is 4.79 Å². The van der Waals surface area contributed by atoms with Crippen molar-refractivity contribution < 1.29 is 4.79 Å². The van der Waals surface area contributed by atoms with Crippen molar-refractivity contribution >= 4 is 22.4 Å². The van der Waals surface area contributed by atoms with E-state index in [1.54, 1.807) is 6.07 Å². The largest absolute Gasteiger partial charge is 0.368 e. The van der Waals surface area contributed by atoms with E-state index >= 15 is 0 Å². The van der Waals surface area contributed by atoms with Gasteiger partial charge < -0.3 is 15.2 Å². The van der Waals surface area contributed by atoms with Gasteiger partial charge in [-0.25, -0.2) is 0 Å². The summed E-state index contributed by atoms with van der Waals surface area (Å²) in [6.07, 6.45) is 0.884. The number of aromatic amines is 1. The summed E-state index contributed by atoms with van der Waals surface area (Å²) >= 11 is 0. The van der Waals surface area contributed by atoms with Crippen molar-refractivity contribution in [2.45, 2.75) is 58.5 Å². The molecule has 0 spiro atoms. The van der Waals surface area contributed by atoms with Gasteiger partial charge >= 0.3 is 0 Å². The molecule has 3 aromatic rings. The van der Waals surface area contributed by atoms with Crippen LogP contribution in [0.15, 0.2) is 30.3 Å². The van der Waals surface area contributed by atoms with Gasteiger partial charge in [-0.1, -0.05) is 26.8 Å². The van der Waals surface area contributed by atoms with Crippen molar-refractivity contribution in [2.24, 2.45) is 0 Å². The van der Waals surface area contributed by atoms with Gasteiger partial charge in [-0.05, 0) is 55.7 Å². The number of aromatic nitrogens is 1. The van der Waals surface area contributed by atoms with Crippen LogP contribution in [-0.2, 0) is 11.8 Å². The molecule has 0 saturated carbocycles. The monoisotopic (exact) mass is 426 g/mol. The fourth-order valence-electron chi connectivity index (χ4n) is 5.68. The molecule has 1 aromatic heterocycles. The molecule has 1 saturated heterocycles. The predicted octanol–water partition coefficient (Wildman–Crippen LogP) is 4.66. The zero-order valence-corrected chi connectivity index (χ0v) is 19.5. The summed E-state index contributed by atoms with van der Waals surface area (Å²) in [5.74, 6) is 0.0774. The van der Waals surface area contributed by atoms with Crippen molar-refractivity contribution in [1.29, 1.82) is 5.26 Å². The van der Waals surface area contributed by atoms with Crippen molar-refractivity contribution in [3.8, 4) is 6.07 Å². The fourth-order valence-corrected chi connectivity index (χ4v) is 5.68. The maximum Gasteiger partial charge on any atom is 0.195 e. The number of nitrogens with one attached hydrogen (secondary N) is 2. The SMILES string of the molecule is CCc1cc2c(cc1N1C[C@@H](C)N[C@@H](C)C1)C(C)(C)c1[nH]c3cc(C#N)ccc3c1C2=O. The highest BCUT2D eigenvalue weighted by Crippen LogP contribution is 2.45. The number of benzene rings is 2. The highest BCUT2D eigenvalue weighted by molar-refractivity contribution is 6.20. The Hall–Kier alpha value is -3.10. The topological polar surface area (TPSA) is 71.9 Å². The maximum atomic E-state index is 13.8. The van der Waals surface area contributed by atoms with E-state index in [0.717, 1.165) is 52.8 Å². The van der Waals surface area contributed by atoms with Gasteiger partial charge in [0.25, 0.3) is 0 Å². The molecular weight excluding hydrogens is 396 g/mol. The van der Waals surface area contributed by atoms with E-state index in [4.69, 9.17) is 0 Å². The van der Waals surface area contributed by atoms with Crippen LogP contribution in [0.3, 0.4) is 0 Å². The summed E-state index contributed by atoms with van der Waals surface area (Å²) in [6, 6.07) is 13.0. The third-order valence-electron chi connectivity index (χ3n) is 7.20. The molecule has 0 amide bonds. The Morgan fingerprint density at radius 1 is 1.16 bits per heavy atom. The van der Waals surface area contributed by atoms with E-state index in [1.807, 2.05) is 12.1 Å². The van der Waals surface area contributed by atoms with Gasteiger partial charge in [0.15, 0.2) is 5.78 Å². The van der Waals surface area contributed by atoms with Crippen LogP contribution in [0.4, 0.5) is 5.69 Å². The first kappa shape index (κ1) is 20.8. The second-order valence-electron chi connectivity index (χ2n) is 9.96. The molecule has 5 rings (SSSR count). The molecule has 5 heteroatoms. The molecule has 2 heterocycles. The van der Waals surface area contributed by atoms with Crippen LogP contribution in [0, 0.1) is 11.3 Å². The molecule has 2 aromatic carbocycles. The molecule has 1 aliphatic carbocycles. The van der Waals surface area contributed by atoms with E-state index in [9.17, 15) is 10.1 Å². The van der Waals surface area contributed by atoms with Gasteiger partial charge in [-0.15, -0.1) is 0 Å². The van der Waals surface area contributed by atoms with E-state index in [0.29, 0.717) is 17.6 Å². The molecule has 32 heavy (non-hydrogen) atoms. The third kappa shape index (κ3) is 2.97. The van der Waals surface area contributed by atoms with Crippen LogP contribution in [0.1, 0.15) is 72.9 Å². The number of nitrogens with zero attached hydrogens (tertiary/aromatic N) is 2. The number of carbonyl (C=O) groups is 1. The first-order chi connectivity index (χ1) is 15.2. The Kier molecular flexibility index (Phi) is 4.69. The molecule has 1 aliphatic heterocycles. The first-order valence-corrected chi connectivity index (χ1v) is 11.5. The minimum absolute atomic E-state index is 0.0774. The van der Waals surface area contributed by atoms with Crippen LogP contribution >= 0.6 is 0 Å². The smallest absolute Gasteiger partial charge is 0.195 e. The summed E-state index contributed by atoms with van der Waals surface area (Å²) in [5.41, 5.74) is 7.15. The van der Waals surface area contributed by atoms with Crippen molar-refractivity contribution in [3.05, 3.63) is 63.8 Å². The van der Waals surface area contributed by atoms with E-state index in [-0.39, 0.29) is 11.2 Å². The minimum Gasteiger partial charge on any atom is -0.368 e. The molecule has 2 atom stereocenters. The van der Waals surface area contributed by atoms with Gasteiger partial charge in [0.2, 0.25) is 0 Å². The molecule has 164 valence electrons.